The van der Waals surface area contributed by atoms with Crippen LogP contribution < -0.4 is 10.1 Å². The Hall–Kier alpha value is -2.66. The summed E-state index contributed by atoms with van der Waals surface area (Å²) in [5.41, 5.74) is 2.05. The first-order valence-electron chi connectivity index (χ1n) is 9.10. The van der Waals surface area contributed by atoms with Gasteiger partial charge in [-0.2, -0.15) is 0 Å². The Morgan fingerprint density at radius 2 is 1.96 bits per heavy atom. The van der Waals surface area contributed by atoms with Gasteiger partial charge in [-0.05, 0) is 67.9 Å². The largest absolute Gasteiger partial charge is 0.497 e. The highest BCUT2D eigenvalue weighted by atomic mass is 19.1. The Kier molecular flexibility index (Phi) is 8.52. The molecule has 1 amide bonds. The summed E-state index contributed by atoms with van der Waals surface area (Å²) in [7, 11) is 3.75. The van der Waals surface area contributed by atoms with Crippen LogP contribution in [0.3, 0.4) is 0 Å². The molecule has 0 bridgehead atoms. The van der Waals surface area contributed by atoms with Crippen LogP contribution >= 0.6 is 0 Å². The third-order valence-corrected chi connectivity index (χ3v) is 4.23. The van der Waals surface area contributed by atoms with Crippen molar-refractivity contribution in [1.82, 2.24) is 10.2 Å². The molecule has 0 spiro atoms. The van der Waals surface area contributed by atoms with Crippen LogP contribution in [0.5, 0.6) is 5.75 Å². The quantitative estimate of drug-likeness (QED) is 0.514. The molecule has 0 heterocycles. The highest BCUT2D eigenvalue weighted by Gasteiger charge is 2.02. The Morgan fingerprint density at radius 3 is 2.70 bits per heavy atom. The summed E-state index contributed by atoms with van der Waals surface area (Å²) in [6.07, 6.45) is 4.99. The zero-order valence-electron chi connectivity index (χ0n) is 16.0. The molecule has 0 fully saturated rings. The Morgan fingerprint density at radius 1 is 1.19 bits per heavy atom. The summed E-state index contributed by atoms with van der Waals surface area (Å²) >= 11 is 0. The third-order valence-electron chi connectivity index (χ3n) is 4.23. The molecule has 0 saturated heterocycles. The summed E-state index contributed by atoms with van der Waals surface area (Å²) in [5.74, 6) is 0.456. The molecule has 2 aromatic carbocycles. The van der Waals surface area contributed by atoms with Crippen LogP contribution in [0.1, 0.15) is 17.5 Å². The van der Waals surface area contributed by atoms with Gasteiger partial charge in [0.15, 0.2) is 0 Å². The SMILES string of the molecule is COc1cccc(CCN(C)CCCNC(=O)/C=C/c2ccc(F)cc2)c1. The van der Waals surface area contributed by atoms with Gasteiger partial charge in [0.1, 0.15) is 11.6 Å². The molecule has 5 heteroatoms. The molecule has 144 valence electrons. The van der Waals surface area contributed by atoms with Gasteiger partial charge in [0.2, 0.25) is 5.91 Å². The predicted octanol–water partition coefficient (Wildman–Crippen LogP) is 3.53. The summed E-state index contributed by atoms with van der Waals surface area (Å²) in [6, 6.07) is 14.1. The number of likely N-dealkylation sites (N-methyl/N-ethyl adjacent to an activating group) is 1. The van der Waals surface area contributed by atoms with Gasteiger partial charge in [-0.25, -0.2) is 4.39 Å². The predicted molar refractivity (Wildman–Crippen MR) is 107 cm³/mol. The van der Waals surface area contributed by atoms with Gasteiger partial charge in [-0.15, -0.1) is 0 Å². The number of hydrogen-bond acceptors (Lipinski definition) is 3. The fourth-order valence-electron chi connectivity index (χ4n) is 2.63. The standard InChI is InChI=1S/C22H27FN2O2/c1-25(16-13-19-5-3-6-21(17-19)27-2)15-4-14-24-22(26)12-9-18-7-10-20(23)11-8-18/h3,5-12,17H,4,13-16H2,1-2H3,(H,24,26)/b12-9+. The maximum absolute atomic E-state index is 12.8. The second kappa shape index (κ2) is 11.1. The molecule has 0 radical (unpaired) electrons. The van der Waals surface area contributed by atoms with Crippen LogP contribution in [-0.2, 0) is 11.2 Å². The van der Waals surface area contributed by atoms with E-state index in [1.54, 1.807) is 25.3 Å². The number of amides is 1. The third kappa shape index (κ3) is 8.05. The van der Waals surface area contributed by atoms with E-state index in [0.717, 1.165) is 37.2 Å². The second-order valence-corrected chi connectivity index (χ2v) is 6.43. The van der Waals surface area contributed by atoms with E-state index in [9.17, 15) is 9.18 Å². The van der Waals surface area contributed by atoms with E-state index < -0.39 is 0 Å². The molecule has 0 aliphatic rings. The van der Waals surface area contributed by atoms with Gasteiger partial charge < -0.3 is 15.0 Å². The lowest BCUT2D eigenvalue weighted by Crippen LogP contribution is -2.28. The van der Waals surface area contributed by atoms with E-state index in [1.807, 2.05) is 12.1 Å². The minimum Gasteiger partial charge on any atom is -0.497 e. The Bertz CT molecular complexity index is 744. The van der Waals surface area contributed by atoms with Gasteiger partial charge in [0.25, 0.3) is 0 Å². The number of methoxy groups -OCH3 is 1. The minimum atomic E-state index is -0.285. The van der Waals surface area contributed by atoms with Crippen LogP contribution in [-0.4, -0.2) is 44.6 Å². The fraction of sp³-hybridized carbons (Fsp3) is 0.318. The van der Waals surface area contributed by atoms with Crippen molar-refractivity contribution in [3.63, 3.8) is 0 Å². The van der Waals surface area contributed by atoms with Crippen molar-refractivity contribution in [2.75, 3.05) is 33.8 Å². The lowest BCUT2D eigenvalue weighted by atomic mass is 10.1. The molecule has 0 saturated carbocycles. The van der Waals surface area contributed by atoms with Crippen molar-refractivity contribution in [2.45, 2.75) is 12.8 Å². The van der Waals surface area contributed by atoms with Crippen LogP contribution in [0, 0.1) is 5.82 Å². The zero-order chi connectivity index (χ0) is 19.5. The number of benzene rings is 2. The van der Waals surface area contributed by atoms with Gasteiger partial charge >= 0.3 is 0 Å². The first-order valence-corrected chi connectivity index (χ1v) is 9.10. The van der Waals surface area contributed by atoms with Gasteiger partial charge in [-0.3, -0.25) is 4.79 Å². The van der Waals surface area contributed by atoms with Gasteiger partial charge in [0.05, 0.1) is 7.11 Å². The number of carbonyl (C=O) groups is 1. The molecule has 1 N–H and O–H groups in total. The van der Waals surface area contributed by atoms with Crippen molar-refractivity contribution in [2.24, 2.45) is 0 Å². The minimum absolute atomic E-state index is 0.140. The summed E-state index contributed by atoms with van der Waals surface area (Å²) in [4.78, 5) is 14.1. The van der Waals surface area contributed by atoms with Crippen LogP contribution in [0.15, 0.2) is 54.6 Å². The molecule has 2 rings (SSSR count). The highest BCUT2D eigenvalue weighted by molar-refractivity contribution is 5.91. The first kappa shape index (κ1) is 20.6. The van der Waals surface area contributed by atoms with Crippen LogP contribution in [0.2, 0.25) is 0 Å². The van der Waals surface area contributed by atoms with E-state index in [0.29, 0.717) is 6.54 Å². The second-order valence-electron chi connectivity index (χ2n) is 6.43. The Balaban J connectivity index is 1.61. The monoisotopic (exact) mass is 370 g/mol. The van der Waals surface area contributed by atoms with E-state index in [2.05, 4.69) is 29.4 Å². The van der Waals surface area contributed by atoms with E-state index in [1.165, 1.54) is 23.8 Å². The van der Waals surface area contributed by atoms with E-state index in [4.69, 9.17) is 4.74 Å². The zero-order valence-corrected chi connectivity index (χ0v) is 16.0. The molecule has 0 aliphatic heterocycles. The van der Waals surface area contributed by atoms with Crippen molar-refractivity contribution < 1.29 is 13.9 Å². The van der Waals surface area contributed by atoms with Crippen LogP contribution in [0.4, 0.5) is 4.39 Å². The molecule has 0 atom stereocenters. The molecule has 4 nitrogen and oxygen atoms in total. The number of nitrogens with one attached hydrogen (secondary N) is 1. The number of nitrogens with zero attached hydrogens (tertiary/aromatic N) is 1. The Labute approximate surface area is 160 Å². The molecule has 27 heavy (non-hydrogen) atoms. The first-order chi connectivity index (χ1) is 13.1. The molecule has 2 aromatic rings. The number of carbonyl (C=O) groups excluding carboxylic acids is 1. The lowest BCUT2D eigenvalue weighted by molar-refractivity contribution is -0.116. The van der Waals surface area contributed by atoms with Crippen LogP contribution in [0.25, 0.3) is 6.08 Å². The fourth-order valence-corrected chi connectivity index (χ4v) is 2.63. The van der Waals surface area contributed by atoms with E-state index >= 15 is 0 Å². The number of ether oxygens (including phenoxy) is 1. The number of hydrogen-bond donors (Lipinski definition) is 1. The smallest absolute Gasteiger partial charge is 0.243 e. The van der Waals surface area contributed by atoms with Crippen molar-refractivity contribution >= 4 is 12.0 Å². The lowest BCUT2D eigenvalue weighted by Gasteiger charge is -2.16. The average molecular weight is 370 g/mol. The van der Waals surface area contributed by atoms with Gasteiger partial charge in [-0.1, -0.05) is 24.3 Å². The number of rotatable bonds is 10. The topological polar surface area (TPSA) is 41.6 Å². The maximum atomic E-state index is 12.8. The summed E-state index contributed by atoms with van der Waals surface area (Å²) in [6.45, 7) is 2.48. The van der Waals surface area contributed by atoms with Gasteiger partial charge in [0, 0.05) is 19.2 Å². The maximum Gasteiger partial charge on any atom is 0.243 e. The highest BCUT2D eigenvalue weighted by Crippen LogP contribution is 2.13. The molecule has 0 aliphatic carbocycles. The molecular formula is C22H27FN2O2. The normalized spacial score (nSPS) is 11.1. The van der Waals surface area contributed by atoms with E-state index in [-0.39, 0.29) is 11.7 Å². The van der Waals surface area contributed by atoms with Crippen molar-refractivity contribution in [3.05, 3.63) is 71.6 Å². The summed E-state index contributed by atoms with van der Waals surface area (Å²) in [5, 5.41) is 2.87. The van der Waals surface area contributed by atoms with Crippen molar-refractivity contribution in [3.8, 4) is 5.75 Å². The number of halogens is 1. The van der Waals surface area contributed by atoms with Crippen molar-refractivity contribution in [1.29, 1.82) is 0 Å². The molecule has 0 aromatic heterocycles. The molecule has 0 unspecified atom stereocenters. The summed E-state index contributed by atoms with van der Waals surface area (Å²) < 4.78 is 18.1. The molecular weight excluding hydrogens is 343 g/mol. The average Bonchev–Trinajstić information content (AvgIpc) is 2.69.